The van der Waals surface area contributed by atoms with Crippen LogP contribution >= 0.6 is 23.2 Å². The van der Waals surface area contributed by atoms with Gasteiger partial charge in [0.25, 0.3) is 0 Å². The van der Waals surface area contributed by atoms with Gasteiger partial charge in [-0.3, -0.25) is 4.90 Å². The number of aromatic nitrogens is 1. The Kier molecular flexibility index (Phi) is 4.51. The van der Waals surface area contributed by atoms with Crippen molar-refractivity contribution in [2.45, 2.75) is 44.2 Å². The minimum atomic E-state index is 0.295. The summed E-state index contributed by atoms with van der Waals surface area (Å²) >= 11 is 12.3. The topological polar surface area (TPSA) is 28.2 Å². The van der Waals surface area contributed by atoms with Gasteiger partial charge in [-0.1, -0.05) is 42.5 Å². The van der Waals surface area contributed by atoms with Crippen molar-refractivity contribution in [1.82, 2.24) is 15.2 Å². The number of piperazine rings is 1. The predicted molar refractivity (Wildman–Crippen MR) is 83.4 cm³/mol. The molecule has 0 aromatic carbocycles. The number of rotatable bonds is 2. The fourth-order valence-electron chi connectivity index (χ4n) is 3.58. The Bertz CT molecular complexity index is 464. The Balaban J connectivity index is 1.81. The minimum Gasteiger partial charge on any atom is -0.314 e. The van der Waals surface area contributed by atoms with Crippen LogP contribution < -0.4 is 5.32 Å². The molecule has 1 spiro atoms. The molecule has 0 amide bonds. The normalized spacial score (nSPS) is 23.1. The Morgan fingerprint density at radius 2 is 2.00 bits per heavy atom. The molecule has 1 saturated heterocycles. The van der Waals surface area contributed by atoms with Crippen molar-refractivity contribution in [3.05, 3.63) is 28.0 Å². The van der Waals surface area contributed by atoms with E-state index in [4.69, 9.17) is 23.2 Å². The van der Waals surface area contributed by atoms with Gasteiger partial charge in [-0.05, 0) is 25.0 Å². The van der Waals surface area contributed by atoms with Crippen LogP contribution in [-0.2, 0) is 6.54 Å². The van der Waals surface area contributed by atoms with E-state index in [0.29, 0.717) is 10.7 Å². The Morgan fingerprint density at radius 1 is 1.20 bits per heavy atom. The van der Waals surface area contributed by atoms with E-state index >= 15 is 0 Å². The SMILES string of the molecule is Clc1ccc(Cl)c(CN2CCNCC23CCCCC3)n1. The molecule has 0 bridgehead atoms. The molecule has 3 rings (SSSR count). The van der Waals surface area contributed by atoms with E-state index in [2.05, 4.69) is 15.2 Å². The fraction of sp³-hybridized carbons (Fsp3) is 0.667. The quantitative estimate of drug-likeness (QED) is 0.847. The van der Waals surface area contributed by atoms with Gasteiger partial charge in [0.1, 0.15) is 5.15 Å². The van der Waals surface area contributed by atoms with Gasteiger partial charge >= 0.3 is 0 Å². The molecule has 1 N–H and O–H groups in total. The fourth-order valence-corrected chi connectivity index (χ4v) is 3.91. The zero-order valence-electron chi connectivity index (χ0n) is 11.7. The summed E-state index contributed by atoms with van der Waals surface area (Å²) in [6.45, 7) is 4.00. The monoisotopic (exact) mass is 313 g/mol. The van der Waals surface area contributed by atoms with Crippen LogP contribution in [0.4, 0.5) is 0 Å². The van der Waals surface area contributed by atoms with Crippen LogP contribution in [0.15, 0.2) is 12.1 Å². The van der Waals surface area contributed by atoms with Crippen molar-refractivity contribution >= 4 is 23.2 Å². The molecule has 2 heterocycles. The van der Waals surface area contributed by atoms with E-state index in [1.807, 2.05) is 6.07 Å². The summed E-state index contributed by atoms with van der Waals surface area (Å²) in [7, 11) is 0. The largest absolute Gasteiger partial charge is 0.314 e. The highest BCUT2D eigenvalue weighted by Crippen LogP contribution is 2.36. The van der Waals surface area contributed by atoms with E-state index in [1.54, 1.807) is 6.07 Å². The molecule has 5 heteroatoms. The van der Waals surface area contributed by atoms with Crippen LogP contribution in [0.2, 0.25) is 10.2 Å². The number of hydrogen-bond acceptors (Lipinski definition) is 3. The average Bonchev–Trinajstić information content (AvgIpc) is 2.46. The second-order valence-corrected chi connectivity index (χ2v) is 6.74. The highest BCUT2D eigenvalue weighted by molar-refractivity contribution is 6.32. The molecule has 1 aliphatic carbocycles. The summed E-state index contributed by atoms with van der Waals surface area (Å²) in [6, 6.07) is 3.60. The van der Waals surface area contributed by atoms with Crippen LogP contribution in [-0.4, -0.2) is 35.1 Å². The Labute approximate surface area is 130 Å². The van der Waals surface area contributed by atoms with Crippen LogP contribution in [0.1, 0.15) is 37.8 Å². The maximum atomic E-state index is 6.28. The standard InChI is InChI=1S/C15H21Cl2N3/c16-12-4-5-14(17)19-13(12)10-20-9-8-18-11-15(20)6-2-1-3-7-15/h4-5,18H,1-3,6-11H2. The third-order valence-corrected chi connectivity index (χ3v) is 5.25. The van der Waals surface area contributed by atoms with Gasteiger partial charge in [0, 0.05) is 31.7 Å². The summed E-state index contributed by atoms with van der Waals surface area (Å²) in [5.74, 6) is 0. The third kappa shape index (κ3) is 2.96. The first-order valence-electron chi connectivity index (χ1n) is 7.46. The van der Waals surface area contributed by atoms with Crippen LogP contribution in [0.3, 0.4) is 0 Å². The van der Waals surface area contributed by atoms with E-state index < -0.39 is 0 Å². The molecule has 1 aromatic rings. The molecule has 110 valence electrons. The lowest BCUT2D eigenvalue weighted by Crippen LogP contribution is -2.61. The first-order valence-corrected chi connectivity index (χ1v) is 8.22. The third-order valence-electron chi connectivity index (χ3n) is 4.69. The molecule has 2 fully saturated rings. The zero-order valence-corrected chi connectivity index (χ0v) is 13.2. The predicted octanol–water partition coefficient (Wildman–Crippen LogP) is 3.50. The molecular weight excluding hydrogens is 293 g/mol. The van der Waals surface area contributed by atoms with E-state index in [-0.39, 0.29) is 0 Å². The Hall–Kier alpha value is -0.350. The second kappa shape index (κ2) is 6.18. The van der Waals surface area contributed by atoms with Crippen LogP contribution in [0, 0.1) is 0 Å². The van der Waals surface area contributed by atoms with Crippen molar-refractivity contribution in [2.24, 2.45) is 0 Å². The lowest BCUT2D eigenvalue weighted by molar-refractivity contribution is 0.0200. The molecular formula is C15H21Cl2N3. The van der Waals surface area contributed by atoms with E-state index in [0.717, 1.165) is 36.9 Å². The summed E-state index contributed by atoms with van der Waals surface area (Å²) in [6.07, 6.45) is 6.58. The summed E-state index contributed by atoms with van der Waals surface area (Å²) in [5, 5.41) is 4.81. The smallest absolute Gasteiger partial charge is 0.129 e. The highest BCUT2D eigenvalue weighted by Gasteiger charge is 2.39. The van der Waals surface area contributed by atoms with E-state index in [9.17, 15) is 0 Å². The lowest BCUT2D eigenvalue weighted by atomic mass is 9.79. The molecule has 0 atom stereocenters. The van der Waals surface area contributed by atoms with Crippen LogP contribution in [0.25, 0.3) is 0 Å². The van der Waals surface area contributed by atoms with Crippen molar-refractivity contribution in [2.75, 3.05) is 19.6 Å². The number of pyridine rings is 1. The molecule has 3 nitrogen and oxygen atoms in total. The van der Waals surface area contributed by atoms with Gasteiger partial charge in [0.15, 0.2) is 0 Å². The van der Waals surface area contributed by atoms with Gasteiger partial charge in [0.05, 0.1) is 10.7 Å². The highest BCUT2D eigenvalue weighted by atomic mass is 35.5. The van der Waals surface area contributed by atoms with Crippen molar-refractivity contribution in [3.63, 3.8) is 0 Å². The van der Waals surface area contributed by atoms with Crippen molar-refractivity contribution in [3.8, 4) is 0 Å². The molecule has 0 radical (unpaired) electrons. The van der Waals surface area contributed by atoms with Gasteiger partial charge in [-0.15, -0.1) is 0 Å². The first kappa shape index (κ1) is 14.6. The van der Waals surface area contributed by atoms with E-state index in [1.165, 1.54) is 32.1 Å². The van der Waals surface area contributed by atoms with Gasteiger partial charge in [-0.25, -0.2) is 4.98 Å². The minimum absolute atomic E-state index is 0.295. The second-order valence-electron chi connectivity index (χ2n) is 5.95. The first-order chi connectivity index (χ1) is 9.70. The van der Waals surface area contributed by atoms with Crippen molar-refractivity contribution < 1.29 is 0 Å². The molecule has 2 aliphatic rings. The maximum Gasteiger partial charge on any atom is 0.129 e. The number of nitrogens with zero attached hydrogens (tertiary/aromatic N) is 2. The average molecular weight is 314 g/mol. The molecule has 1 saturated carbocycles. The molecule has 1 aromatic heterocycles. The Morgan fingerprint density at radius 3 is 2.80 bits per heavy atom. The number of hydrogen-bond donors (Lipinski definition) is 1. The summed E-state index contributed by atoms with van der Waals surface area (Å²) < 4.78 is 0. The van der Waals surface area contributed by atoms with Crippen molar-refractivity contribution in [1.29, 1.82) is 0 Å². The summed E-state index contributed by atoms with van der Waals surface area (Å²) in [5.41, 5.74) is 1.20. The van der Waals surface area contributed by atoms with Gasteiger partial charge in [0.2, 0.25) is 0 Å². The molecule has 0 unspecified atom stereocenters. The van der Waals surface area contributed by atoms with Gasteiger partial charge < -0.3 is 5.32 Å². The zero-order chi connectivity index (χ0) is 14.0. The number of halogens is 2. The van der Waals surface area contributed by atoms with Gasteiger partial charge in [-0.2, -0.15) is 0 Å². The lowest BCUT2D eigenvalue weighted by Gasteiger charge is -2.49. The maximum absolute atomic E-state index is 6.28. The van der Waals surface area contributed by atoms with Crippen LogP contribution in [0.5, 0.6) is 0 Å². The molecule has 20 heavy (non-hydrogen) atoms. The number of nitrogens with one attached hydrogen (secondary N) is 1. The molecule has 1 aliphatic heterocycles. The summed E-state index contributed by atoms with van der Waals surface area (Å²) in [4.78, 5) is 6.99.